The number of ketones is 1. The molecule has 100 valence electrons. The van der Waals surface area contributed by atoms with E-state index in [1.807, 2.05) is 12.1 Å². The van der Waals surface area contributed by atoms with Crippen molar-refractivity contribution in [3.05, 3.63) is 65.3 Å². The van der Waals surface area contributed by atoms with E-state index >= 15 is 0 Å². The maximum atomic E-state index is 13.9. The van der Waals surface area contributed by atoms with Gasteiger partial charge < -0.3 is 4.42 Å². The highest BCUT2D eigenvalue weighted by Gasteiger charge is 2.16. The zero-order valence-electron chi connectivity index (χ0n) is 10.9. The van der Waals surface area contributed by atoms with Crippen LogP contribution in [0.1, 0.15) is 21.8 Å². The lowest BCUT2D eigenvalue weighted by molar-refractivity contribution is 0.0982. The van der Waals surface area contributed by atoms with Crippen LogP contribution in [-0.2, 0) is 6.42 Å². The van der Waals surface area contributed by atoms with Gasteiger partial charge in [0.25, 0.3) is 0 Å². The lowest BCUT2D eigenvalue weighted by Gasteiger charge is -2.02. The van der Waals surface area contributed by atoms with E-state index in [-0.39, 0.29) is 17.8 Å². The average molecular weight is 269 g/mol. The quantitative estimate of drug-likeness (QED) is 0.681. The first-order valence-electron chi connectivity index (χ1n) is 6.28. The molecule has 0 saturated heterocycles. The number of oxazole rings is 1. The number of Topliss-reactive ketones (excluding diaryl/α,β-unsaturated/α-hetero) is 1. The molecule has 0 amide bonds. The van der Waals surface area contributed by atoms with E-state index < -0.39 is 5.82 Å². The van der Waals surface area contributed by atoms with Crippen LogP contribution in [0.5, 0.6) is 0 Å². The number of hydrogen-bond donors (Lipinski definition) is 0. The number of halogens is 1. The smallest absolute Gasteiger partial charge is 0.203 e. The fourth-order valence-electron chi connectivity index (χ4n) is 2.09. The second-order valence-corrected chi connectivity index (χ2v) is 4.61. The van der Waals surface area contributed by atoms with Gasteiger partial charge in [-0.15, -0.1) is 0 Å². The van der Waals surface area contributed by atoms with Crippen molar-refractivity contribution in [2.24, 2.45) is 0 Å². The van der Waals surface area contributed by atoms with E-state index in [0.717, 1.165) is 0 Å². The predicted octanol–water partition coefficient (Wildman–Crippen LogP) is 3.70. The third kappa shape index (κ3) is 2.20. The third-order valence-electron chi connectivity index (χ3n) is 3.14. The molecule has 0 saturated carbocycles. The molecule has 3 rings (SSSR count). The molecule has 0 fully saturated rings. The fourth-order valence-corrected chi connectivity index (χ4v) is 2.09. The Labute approximate surface area is 115 Å². The first kappa shape index (κ1) is 12.5. The first-order chi connectivity index (χ1) is 9.65. The van der Waals surface area contributed by atoms with Crippen LogP contribution in [0.4, 0.5) is 4.39 Å². The SMILES string of the molecule is Cc1cccc(C(=O)Cc2nc3ccccc3o2)c1F. The summed E-state index contributed by atoms with van der Waals surface area (Å²) in [6.07, 6.45) is -0.0466. The Morgan fingerprint density at radius 1 is 1.20 bits per heavy atom. The fraction of sp³-hybridized carbons (Fsp3) is 0.125. The Morgan fingerprint density at radius 2 is 2.00 bits per heavy atom. The summed E-state index contributed by atoms with van der Waals surface area (Å²) in [6.45, 7) is 1.63. The number of carbonyl (C=O) groups is 1. The Balaban J connectivity index is 1.90. The van der Waals surface area contributed by atoms with Crippen molar-refractivity contribution in [2.45, 2.75) is 13.3 Å². The van der Waals surface area contributed by atoms with Crippen molar-refractivity contribution in [2.75, 3.05) is 0 Å². The van der Waals surface area contributed by atoms with Crippen molar-refractivity contribution in [1.82, 2.24) is 4.98 Å². The molecule has 0 N–H and O–H groups in total. The minimum absolute atomic E-state index is 0.0466. The Morgan fingerprint density at radius 3 is 2.80 bits per heavy atom. The number of aromatic nitrogens is 1. The van der Waals surface area contributed by atoms with Crippen LogP contribution in [0.25, 0.3) is 11.1 Å². The molecule has 4 heteroatoms. The van der Waals surface area contributed by atoms with Crippen LogP contribution in [-0.4, -0.2) is 10.8 Å². The molecule has 0 unspecified atom stereocenters. The van der Waals surface area contributed by atoms with Crippen LogP contribution >= 0.6 is 0 Å². The summed E-state index contributed by atoms with van der Waals surface area (Å²) in [5.41, 5.74) is 1.85. The van der Waals surface area contributed by atoms with E-state index in [9.17, 15) is 9.18 Å². The van der Waals surface area contributed by atoms with Gasteiger partial charge in [0.05, 0.1) is 12.0 Å². The van der Waals surface area contributed by atoms with Gasteiger partial charge in [-0.25, -0.2) is 9.37 Å². The molecule has 3 aromatic rings. The summed E-state index contributed by atoms with van der Waals surface area (Å²) in [4.78, 5) is 16.3. The molecule has 1 aromatic heterocycles. The van der Waals surface area contributed by atoms with Crippen molar-refractivity contribution in [1.29, 1.82) is 0 Å². The Bertz CT molecular complexity index is 759. The van der Waals surface area contributed by atoms with Gasteiger partial charge in [0.2, 0.25) is 5.89 Å². The zero-order chi connectivity index (χ0) is 14.1. The third-order valence-corrected chi connectivity index (χ3v) is 3.14. The monoisotopic (exact) mass is 269 g/mol. The van der Waals surface area contributed by atoms with E-state index in [4.69, 9.17) is 4.42 Å². The normalized spacial score (nSPS) is 10.9. The van der Waals surface area contributed by atoms with Crippen LogP contribution in [0.3, 0.4) is 0 Å². The number of nitrogens with zero attached hydrogens (tertiary/aromatic N) is 1. The average Bonchev–Trinajstić information content (AvgIpc) is 2.83. The number of hydrogen-bond acceptors (Lipinski definition) is 3. The molecule has 3 nitrogen and oxygen atoms in total. The predicted molar refractivity (Wildman–Crippen MR) is 73.2 cm³/mol. The summed E-state index contributed by atoms with van der Waals surface area (Å²) < 4.78 is 19.4. The molecule has 0 radical (unpaired) electrons. The van der Waals surface area contributed by atoms with Crippen LogP contribution in [0, 0.1) is 12.7 Å². The first-order valence-corrected chi connectivity index (χ1v) is 6.28. The second-order valence-electron chi connectivity index (χ2n) is 4.61. The maximum absolute atomic E-state index is 13.9. The van der Waals surface area contributed by atoms with Crippen LogP contribution in [0.15, 0.2) is 46.9 Å². The largest absolute Gasteiger partial charge is 0.440 e. The highest BCUT2D eigenvalue weighted by atomic mass is 19.1. The molecule has 0 spiro atoms. The highest BCUT2D eigenvalue weighted by molar-refractivity contribution is 5.97. The summed E-state index contributed by atoms with van der Waals surface area (Å²) in [5, 5.41) is 0. The van der Waals surface area contributed by atoms with Crippen molar-refractivity contribution in [3.63, 3.8) is 0 Å². The molecule has 0 atom stereocenters. The van der Waals surface area contributed by atoms with Gasteiger partial charge in [-0.2, -0.15) is 0 Å². The van der Waals surface area contributed by atoms with Crippen molar-refractivity contribution in [3.8, 4) is 0 Å². The number of para-hydroxylation sites is 2. The van der Waals surface area contributed by atoms with Gasteiger partial charge in [-0.3, -0.25) is 4.79 Å². The van der Waals surface area contributed by atoms with Gasteiger partial charge in [-0.05, 0) is 30.7 Å². The molecule has 0 aliphatic carbocycles. The number of rotatable bonds is 3. The van der Waals surface area contributed by atoms with E-state index in [0.29, 0.717) is 22.6 Å². The van der Waals surface area contributed by atoms with Gasteiger partial charge >= 0.3 is 0 Å². The molecule has 0 aliphatic heterocycles. The van der Waals surface area contributed by atoms with Gasteiger partial charge in [-0.1, -0.05) is 24.3 Å². The lowest BCUT2D eigenvalue weighted by Crippen LogP contribution is -2.07. The second kappa shape index (κ2) is 4.89. The Hall–Kier alpha value is -2.49. The molecule has 20 heavy (non-hydrogen) atoms. The topological polar surface area (TPSA) is 43.1 Å². The molecular formula is C16H12FNO2. The van der Waals surface area contributed by atoms with Crippen molar-refractivity contribution < 1.29 is 13.6 Å². The minimum atomic E-state index is -0.478. The van der Waals surface area contributed by atoms with Gasteiger partial charge in [0.1, 0.15) is 11.3 Å². The van der Waals surface area contributed by atoms with Gasteiger partial charge in [0.15, 0.2) is 11.4 Å². The number of benzene rings is 2. The lowest BCUT2D eigenvalue weighted by atomic mass is 10.0. The highest BCUT2D eigenvalue weighted by Crippen LogP contribution is 2.18. The van der Waals surface area contributed by atoms with E-state index in [1.165, 1.54) is 6.07 Å². The molecule has 0 aliphatic rings. The maximum Gasteiger partial charge on any atom is 0.203 e. The standard InChI is InChI=1S/C16H12FNO2/c1-10-5-4-6-11(16(10)17)13(19)9-15-18-12-7-2-3-8-14(12)20-15/h2-8H,9H2,1H3. The van der Waals surface area contributed by atoms with Crippen molar-refractivity contribution >= 4 is 16.9 Å². The summed E-state index contributed by atoms with van der Waals surface area (Å²) in [7, 11) is 0. The number of aryl methyl sites for hydroxylation is 1. The Kier molecular flexibility index (Phi) is 3.06. The summed E-state index contributed by atoms with van der Waals surface area (Å²) in [6, 6.07) is 12.0. The molecule has 2 aromatic carbocycles. The molecular weight excluding hydrogens is 257 g/mol. The summed E-state index contributed by atoms with van der Waals surface area (Å²) in [5.74, 6) is -0.511. The number of carbonyl (C=O) groups excluding carboxylic acids is 1. The minimum Gasteiger partial charge on any atom is -0.440 e. The van der Waals surface area contributed by atoms with E-state index in [2.05, 4.69) is 4.98 Å². The number of fused-ring (bicyclic) bond motifs is 1. The zero-order valence-corrected chi connectivity index (χ0v) is 10.9. The summed E-state index contributed by atoms with van der Waals surface area (Å²) >= 11 is 0. The van der Waals surface area contributed by atoms with Crippen LogP contribution in [0.2, 0.25) is 0 Å². The van der Waals surface area contributed by atoms with Gasteiger partial charge in [0, 0.05) is 0 Å². The van der Waals surface area contributed by atoms with Crippen LogP contribution < -0.4 is 0 Å². The molecule has 0 bridgehead atoms. The van der Waals surface area contributed by atoms with E-state index in [1.54, 1.807) is 31.2 Å². The molecule has 1 heterocycles.